The van der Waals surface area contributed by atoms with Crippen LogP contribution < -0.4 is 0 Å². The Kier molecular flexibility index (Phi) is 4.23. The van der Waals surface area contributed by atoms with Crippen molar-refractivity contribution < 1.29 is 19.8 Å². The molecule has 13 heavy (non-hydrogen) atoms. The zero-order valence-electron chi connectivity index (χ0n) is 6.99. The fourth-order valence-electron chi connectivity index (χ4n) is 0.796. The maximum absolute atomic E-state index is 10.6. The molecule has 4 heteroatoms. The number of carboxylic acid groups (broad SMARTS) is 2. The second-order valence-electron chi connectivity index (χ2n) is 2.20. The summed E-state index contributed by atoms with van der Waals surface area (Å²) in [7, 11) is 0. The first kappa shape index (κ1) is 11.2. The topological polar surface area (TPSA) is 74.6 Å². The van der Waals surface area contributed by atoms with Crippen LogP contribution in [0.1, 0.15) is 6.42 Å². The standard InChI is InChI=1S/C9H10O4/c1-3-5-7(9(12)13)6(4-2)8(10)11/h3-4H,1-2,5H2,(H,10,11)(H,12,13). The molecule has 0 heterocycles. The van der Waals surface area contributed by atoms with E-state index in [9.17, 15) is 9.59 Å². The Labute approximate surface area is 75.5 Å². The Hall–Kier alpha value is -1.84. The van der Waals surface area contributed by atoms with Gasteiger partial charge < -0.3 is 10.2 Å². The van der Waals surface area contributed by atoms with E-state index in [1.54, 1.807) is 0 Å². The van der Waals surface area contributed by atoms with E-state index in [-0.39, 0.29) is 17.6 Å². The Bertz CT molecular complexity index is 286. The summed E-state index contributed by atoms with van der Waals surface area (Å²) in [5.74, 6) is -2.56. The minimum Gasteiger partial charge on any atom is -0.478 e. The van der Waals surface area contributed by atoms with Crippen LogP contribution in [0.15, 0.2) is 36.5 Å². The Morgan fingerprint density at radius 3 is 1.92 bits per heavy atom. The lowest BCUT2D eigenvalue weighted by Gasteiger charge is -2.01. The lowest BCUT2D eigenvalue weighted by Crippen LogP contribution is -2.09. The van der Waals surface area contributed by atoms with Crippen molar-refractivity contribution in [2.75, 3.05) is 0 Å². The van der Waals surface area contributed by atoms with Gasteiger partial charge in [-0.2, -0.15) is 0 Å². The van der Waals surface area contributed by atoms with E-state index in [1.807, 2.05) is 0 Å². The van der Waals surface area contributed by atoms with E-state index in [0.717, 1.165) is 6.08 Å². The van der Waals surface area contributed by atoms with Crippen molar-refractivity contribution >= 4 is 11.9 Å². The van der Waals surface area contributed by atoms with Crippen molar-refractivity contribution in [1.29, 1.82) is 0 Å². The van der Waals surface area contributed by atoms with Crippen molar-refractivity contribution in [3.05, 3.63) is 36.5 Å². The van der Waals surface area contributed by atoms with Crippen molar-refractivity contribution in [2.45, 2.75) is 6.42 Å². The molecule has 0 aliphatic heterocycles. The summed E-state index contributed by atoms with van der Waals surface area (Å²) in [6.07, 6.45) is 2.34. The van der Waals surface area contributed by atoms with E-state index in [2.05, 4.69) is 13.2 Å². The Morgan fingerprint density at radius 1 is 1.15 bits per heavy atom. The monoisotopic (exact) mass is 182 g/mol. The number of rotatable bonds is 5. The molecule has 0 aromatic carbocycles. The predicted molar refractivity (Wildman–Crippen MR) is 47.3 cm³/mol. The molecule has 0 fully saturated rings. The molecule has 0 aromatic rings. The van der Waals surface area contributed by atoms with Crippen molar-refractivity contribution in [1.82, 2.24) is 0 Å². The zero-order valence-corrected chi connectivity index (χ0v) is 6.99. The van der Waals surface area contributed by atoms with Crippen LogP contribution in [0.25, 0.3) is 0 Å². The first-order chi connectivity index (χ1) is 6.04. The van der Waals surface area contributed by atoms with Gasteiger partial charge >= 0.3 is 11.9 Å². The SMILES string of the molecule is C=CCC(C(=O)O)=C(C=C)C(=O)O. The van der Waals surface area contributed by atoms with Crippen LogP contribution >= 0.6 is 0 Å². The smallest absolute Gasteiger partial charge is 0.336 e. The third-order valence-electron chi connectivity index (χ3n) is 1.37. The number of carboxylic acids is 2. The van der Waals surface area contributed by atoms with Gasteiger partial charge in [-0.05, 0) is 6.42 Å². The van der Waals surface area contributed by atoms with Gasteiger partial charge in [-0.15, -0.1) is 6.58 Å². The summed E-state index contributed by atoms with van der Waals surface area (Å²) in [5.41, 5.74) is -0.509. The van der Waals surface area contributed by atoms with Crippen molar-refractivity contribution in [3.8, 4) is 0 Å². The average molecular weight is 182 g/mol. The molecule has 70 valence electrons. The molecule has 0 spiro atoms. The summed E-state index contributed by atoms with van der Waals surface area (Å²) in [6.45, 7) is 6.57. The largest absolute Gasteiger partial charge is 0.478 e. The van der Waals surface area contributed by atoms with E-state index >= 15 is 0 Å². The highest BCUT2D eigenvalue weighted by atomic mass is 16.4. The molecule has 0 saturated carbocycles. The highest BCUT2D eigenvalue weighted by molar-refractivity contribution is 6.00. The Morgan fingerprint density at radius 2 is 1.69 bits per heavy atom. The molecule has 0 unspecified atom stereocenters. The molecule has 0 radical (unpaired) electrons. The third kappa shape index (κ3) is 2.94. The first-order valence-electron chi connectivity index (χ1n) is 3.47. The molecule has 0 atom stereocenters. The molecular weight excluding hydrogens is 172 g/mol. The number of hydrogen-bond acceptors (Lipinski definition) is 2. The van der Waals surface area contributed by atoms with Crippen LogP contribution in [-0.2, 0) is 9.59 Å². The molecule has 0 bridgehead atoms. The second-order valence-corrected chi connectivity index (χ2v) is 2.20. The summed E-state index contributed by atoms with van der Waals surface area (Å²) >= 11 is 0. The summed E-state index contributed by atoms with van der Waals surface area (Å²) in [6, 6.07) is 0. The molecule has 0 saturated heterocycles. The quantitative estimate of drug-likeness (QED) is 0.380. The van der Waals surface area contributed by atoms with Crippen molar-refractivity contribution in [3.63, 3.8) is 0 Å². The molecule has 0 aromatic heterocycles. The molecule has 0 amide bonds. The molecule has 0 aliphatic carbocycles. The highest BCUT2D eigenvalue weighted by Crippen LogP contribution is 2.11. The highest BCUT2D eigenvalue weighted by Gasteiger charge is 2.15. The zero-order chi connectivity index (χ0) is 10.4. The normalized spacial score (nSPS) is 11.4. The lowest BCUT2D eigenvalue weighted by atomic mass is 10.1. The van der Waals surface area contributed by atoms with Gasteiger partial charge in [0.15, 0.2) is 0 Å². The summed E-state index contributed by atoms with van der Waals surface area (Å²) in [4.78, 5) is 21.1. The van der Waals surface area contributed by atoms with Crippen LogP contribution in [0, 0.1) is 0 Å². The number of hydrogen-bond donors (Lipinski definition) is 2. The molecule has 2 N–H and O–H groups in total. The van der Waals surface area contributed by atoms with Crippen LogP contribution in [0.3, 0.4) is 0 Å². The number of allylic oxidation sites excluding steroid dienone is 1. The van der Waals surface area contributed by atoms with Gasteiger partial charge in [-0.3, -0.25) is 0 Å². The van der Waals surface area contributed by atoms with Crippen LogP contribution in [0.4, 0.5) is 0 Å². The van der Waals surface area contributed by atoms with E-state index in [0.29, 0.717) is 0 Å². The van der Waals surface area contributed by atoms with E-state index in [4.69, 9.17) is 10.2 Å². The lowest BCUT2D eigenvalue weighted by molar-refractivity contribution is -0.135. The maximum atomic E-state index is 10.6. The molecule has 4 nitrogen and oxygen atoms in total. The summed E-state index contributed by atoms with van der Waals surface area (Å²) in [5, 5.41) is 17.2. The third-order valence-corrected chi connectivity index (χ3v) is 1.37. The maximum Gasteiger partial charge on any atom is 0.336 e. The van der Waals surface area contributed by atoms with Gasteiger partial charge in [0.2, 0.25) is 0 Å². The minimum atomic E-state index is -1.30. The second kappa shape index (κ2) is 4.92. The van der Waals surface area contributed by atoms with Crippen molar-refractivity contribution in [2.24, 2.45) is 0 Å². The fraction of sp³-hybridized carbons (Fsp3) is 0.111. The van der Waals surface area contributed by atoms with Gasteiger partial charge in [-0.1, -0.05) is 18.7 Å². The molecule has 0 aliphatic rings. The van der Waals surface area contributed by atoms with Gasteiger partial charge in [0.1, 0.15) is 0 Å². The van der Waals surface area contributed by atoms with Crippen LogP contribution in [0.5, 0.6) is 0 Å². The summed E-state index contributed by atoms with van der Waals surface area (Å²) < 4.78 is 0. The minimum absolute atomic E-state index is 0.00296. The average Bonchev–Trinajstić information content (AvgIpc) is 2.03. The van der Waals surface area contributed by atoms with Gasteiger partial charge in [-0.25, -0.2) is 9.59 Å². The first-order valence-corrected chi connectivity index (χ1v) is 3.47. The van der Waals surface area contributed by atoms with Gasteiger partial charge in [0.25, 0.3) is 0 Å². The van der Waals surface area contributed by atoms with E-state index in [1.165, 1.54) is 6.08 Å². The van der Waals surface area contributed by atoms with Crippen LogP contribution in [-0.4, -0.2) is 22.2 Å². The number of aliphatic carboxylic acids is 2. The fourth-order valence-corrected chi connectivity index (χ4v) is 0.796. The predicted octanol–water partition coefficient (Wildman–Crippen LogP) is 1.21. The Balaban J connectivity index is 5.23. The van der Waals surface area contributed by atoms with Gasteiger partial charge in [0, 0.05) is 0 Å². The van der Waals surface area contributed by atoms with Crippen LogP contribution in [0.2, 0.25) is 0 Å². The molecule has 0 rings (SSSR count). The van der Waals surface area contributed by atoms with E-state index < -0.39 is 11.9 Å². The number of carbonyl (C=O) groups is 2. The van der Waals surface area contributed by atoms with Gasteiger partial charge in [0.05, 0.1) is 11.1 Å². The molecular formula is C9H10O4.